The van der Waals surface area contributed by atoms with Gasteiger partial charge in [0.05, 0.1) is 18.5 Å². The molecule has 0 atom stereocenters. The first-order valence-electron chi connectivity index (χ1n) is 7.34. The largest absolute Gasteiger partial charge is 0.467 e. The van der Waals surface area contributed by atoms with Gasteiger partial charge in [-0.15, -0.1) is 0 Å². The van der Waals surface area contributed by atoms with Crippen LogP contribution in [0.3, 0.4) is 0 Å². The van der Waals surface area contributed by atoms with Crippen LogP contribution >= 0.6 is 11.3 Å². The summed E-state index contributed by atoms with van der Waals surface area (Å²) in [6, 6.07) is 8.14. The van der Waals surface area contributed by atoms with Gasteiger partial charge >= 0.3 is 0 Å². The predicted molar refractivity (Wildman–Crippen MR) is 92.0 cm³/mol. The Kier molecular flexibility index (Phi) is 4.61. The highest BCUT2D eigenvalue weighted by atomic mass is 32.1. The number of carbonyl (C=O) groups excluding carboxylic acids is 1. The van der Waals surface area contributed by atoms with E-state index >= 15 is 0 Å². The number of rotatable bonds is 5. The number of anilines is 2. The number of aryl methyl sites for hydroxylation is 2. The van der Waals surface area contributed by atoms with Crippen molar-refractivity contribution in [1.82, 2.24) is 4.98 Å². The summed E-state index contributed by atoms with van der Waals surface area (Å²) in [7, 11) is 0. The molecule has 0 saturated carbocycles. The minimum atomic E-state index is -0.300. The fourth-order valence-corrected chi connectivity index (χ4v) is 3.03. The molecule has 0 aliphatic carbocycles. The summed E-state index contributed by atoms with van der Waals surface area (Å²) in [4.78, 5) is 17.3. The maximum Gasteiger partial charge on any atom is 0.267 e. The number of benzene rings is 1. The maximum absolute atomic E-state index is 13.3. The van der Waals surface area contributed by atoms with Gasteiger partial charge in [0.2, 0.25) is 0 Å². The SMILES string of the molecule is Cc1cc(NC(=O)c2sc(NCc3ccco3)nc2C)ccc1F. The van der Waals surface area contributed by atoms with E-state index in [-0.39, 0.29) is 11.7 Å². The Balaban J connectivity index is 1.69. The number of halogens is 1. The summed E-state index contributed by atoms with van der Waals surface area (Å²) in [6.07, 6.45) is 1.60. The summed E-state index contributed by atoms with van der Waals surface area (Å²) >= 11 is 1.27. The lowest BCUT2D eigenvalue weighted by atomic mass is 10.2. The molecule has 0 bridgehead atoms. The van der Waals surface area contributed by atoms with E-state index in [0.717, 1.165) is 5.76 Å². The number of furan rings is 1. The van der Waals surface area contributed by atoms with Gasteiger partial charge in [0.15, 0.2) is 5.13 Å². The highest BCUT2D eigenvalue weighted by Crippen LogP contribution is 2.24. The molecule has 0 fully saturated rings. The van der Waals surface area contributed by atoms with Crippen LogP contribution in [0.1, 0.15) is 26.7 Å². The number of hydrogen-bond acceptors (Lipinski definition) is 5. The molecule has 7 heteroatoms. The molecule has 5 nitrogen and oxygen atoms in total. The number of aromatic nitrogens is 1. The number of hydrogen-bond donors (Lipinski definition) is 2. The van der Waals surface area contributed by atoms with Crippen LogP contribution < -0.4 is 10.6 Å². The zero-order chi connectivity index (χ0) is 17.1. The number of thiazole rings is 1. The monoisotopic (exact) mass is 345 g/mol. The van der Waals surface area contributed by atoms with Gasteiger partial charge < -0.3 is 15.1 Å². The van der Waals surface area contributed by atoms with E-state index in [1.807, 2.05) is 12.1 Å². The number of nitrogens with one attached hydrogen (secondary N) is 2. The molecule has 2 aromatic heterocycles. The van der Waals surface area contributed by atoms with Gasteiger partial charge in [-0.25, -0.2) is 9.37 Å². The second kappa shape index (κ2) is 6.84. The number of carbonyl (C=O) groups is 1. The summed E-state index contributed by atoms with van der Waals surface area (Å²) in [5.41, 5.74) is 1.67. The zero-order valence-electron chi connectivity index (χ0n) is 13.2. The van der Waals surface area contributed by atoms with Crippen LogP contribution in [0.4, 0.5) is 15.2 Å². The molecule has 1 amide bonds. The van der Waals surface area contributed by atoms with Crippen LogP contribution in [0.15, 0.2) is 41.0 Å². The molecule has 124 valence electrons. The van der Waals surface area contributed by atoms with E-state index in [4.69, 9.17) is 4.42 Å². The Morgan fingerprint density at radius 1 is 1.33 bits per heavy atom. The Bertz CT molecular complexity index is 859. The van der Waals surface area contributed by atoms with E-state index < -0.39 is 0 Å². The van der Waals surface area contributed by atoms with Crippen molar-refractivity contribution in [3.8, 4) is 0 Å². The lowest BCUT2D eigenvalue weighted by Gasteiger charge is -2.05. The van der Waals surface area contributed by atoms with Crippen LogP contribution in [0.25, 0.3) is 0 Å². The van der Waals surface area contributed by atoms with Crippen LogP contribution in [0.2, 0.25) is 0 Å². The average Bonchev–Trinajstić information content (AvgIpc) is 3.18. The molecular weight excluding hydrogens is 329 g/mol. The van der Waals surface area contributed by atoms with Gasteiger partial charge in [0.1, 0.15) is 16.5 Å². The number of amides is 1. The highest BCUT2D eigenvalue weighted by molar-refractivity contribution is 7.17. The smallest absolute Gasteiger partial charge is 0.267 e. The summed E-state index contributed by atoms with van der Waals surface area (Å²) in [5, 5.41) is 6.54. The van der Waals surface area contributed by atoms with Gasteiger partial charge in [0, 0.05) is 5.69 Å². The highest BCUT2D eigenvalue weighted by Gasteiger charge is 2.16. The molecule has 3 aromatic rings. The molecule has 0 spiro atoms. The Hall–Kier alpha value is -2.67. The quantitative estimate of drug-likeness (QED) is 0.721. The van der Waals surface area contributed by atoms with Crippen molar-refractivity contribution in [2.45, 2.75) is 20.4 Å². The summed E-state index contributed by atoms with van der Waals surface area (Å²) in [5.74, 6) is 0.226. The van der Waals surface area contributed by atoms with Crippen molar-refractivity contribution in [2.75, 3.05) is 10.6 Å². The zero-order valence-corrected chi connectivity index (χ0v) is 14.0. The third-order valence-corrected chi connectivity index (χ3v) is 4.53. The number of nitrogens with zero attached hydrogens (tertiary/aromatic N) is 1. The second-order valence-electron chi connectivity index (χ2n) is 5.28. The summed E-state index contributed by atoms with van der Waals surface area (Å²) < 4.78 is 18.5. The lowest BCUT2D eigenvalue weighted by Crippen LogP contribution is -2.11. The summed E-state index contributed by atoms with van der Waals surface area (Å²) in [6.45, 7) is 3.93. The lowest BCUT2D eigenvalue weighted by molar-refractivity contribution is 0.103. The molecule has 2 N–H and O–H groups in total. The van der Waals surface area contributed by atoms with Crippen molar-refractivity contribution in [3.05, 3.63) is 64.3 Å². The van der Waals surface area contributed by atoms with E-state index in [1.54, 1.807) is 26.2 Å². The minimum Gasteiger partial charge on any atom is -0.467 e. The van der Waals surface area contributed by atoms with Crippen LogP contribution in [0.5, 0.6) is 0 Å². The molecule has 3 rings (SSSR count). The first-order chi connectivity index (χ1) is 11.5. The van der Waals surface area contributed by atoms with E-state index in [9.17, 15) is 9.18 Å². The van der Waals surface area contributed by atoms with Crippen molar-refractivity contribution in [1.29, 1.82) is 0 Å². The van der Waals surface area contributed by atoms with Gasteiger partial charge in [-0.2, -0.15) is 0 Å². The van der Waals surface area contributed by atoms with Gasteiger partial charge in [-0.1, -0.05) is 11.3 Å². The fraction of sp³-hybridized carbons (Fsp3) is 0.176. The van der Waals surface area contributed by atoms with E-state index in [2.05, 4.69) is 15.6 Å². The molecule has 0 unspecified atom stereocenters. The van der Waals surface area contributed by atoms with Crippen molar-refractivity contribution < 1.29 is 13.6 Å². The third kappa shape index (κ3) is 3.62. The average molecular weight is 345 g/mol. The minimum absolute atomic E-state index is 0.262. The molecule has 1 aromatic carbocycles. The molecule has 0 aliphatic rings. The predicted octanol–water partition coefficient (Wildman–Crippen LogP) is 4.36. The second-order valence-corrected chi connectivity index (χ2v) is 6.28. The normalized spacial score (nSPS) is 10.6. The standard InChI is InChI=1S/C17H16FN3O2S/c1-10-8-12(5-6-14(10)18)21-16(22)15-11(2)20-17(24-15)19-9-13-4-3-7-23-13/h3-8H,9H2,1-2H3,(H,19,20)(H,21,22). The van der Waals surface area contributed by atoms with Crippen LogP contribution in [-0.2, 0) is 6.54 Å². The van der Waals surface area contributed by atoms with Crippen molar-refractivity contribution in [2.24, 2.45) is 0 Å². The molecular formula is C17H16FN3O2S. The van der Waals surface area contributed by atoms with Gasteiger partial charge in [0.25, 0.3) is 5.91 Å². The fourth-order valence-electron chi connectivity index (χ4n) is 2.17. The first-order valence-corrected chi connectivity index (χ1v) is 8.16. The van der Waals surface area contributed by atoms with E-state index in [1.165, 1.54) is 23.5 Å². The molecule has 2 heterocycles. The Morgan fingerprint density at radius 3 is 2.88 bits per heavy atom. The topological polar surface area (TPSA) is 67.2 Å². The van der Waals surface area contributed by atoms with Crippen molar-refractivity contribution >= 4 is 28.1 Å². The molecule has 0 saturated heterocycles. The van der Waals surface area contributed by atoms with Gasteiger partial charge in [-0.05, 0) is 49.7 Å². The first kappa shape index (κ1) is 16.2. The molecule has 0 aliphatic heterocycles. The van der Waals surface area contributed by atoms with Crippen LogP contribution in [-0.4, -0.2) is 10.9 Å². The van der Waals surface area contributed by atoms with E-state index in [0.29, 0.717) is 33.5 Å². The maximum atomic E-state index is 13.3. The Labute approximate surface area is 142 Å². The third-order valence-electron chi connectivity index (χ3n) is 3.41. The van der Waals surface area contributed by atoms with Gasteiger partial charge in [-0.3, -0.25) is 4.79 Å². The molecule has 0 radical (unpaired) electrons. The molecule has 24 heavy (non-hydrogen) atoms. The van der Waals surface area contributed by atoms with Crippen molar-refractivity contribution in [3.63, 3.8) is 0 Å². The van der Waals surface area contributed by atoms with Crippen LogP contribution in [0, 0.1) is 19.7 Å². The Morgan fingerprint density at radius 2 is 2.17 bits per heavy atom.